The minimum Gasteiger partial charge on any atom is -0.870 e. The van der Waals surface area contributed by atoms with E-state index >= 15 is 0 Å². The summed E-state index contributed by atoms with van der Waals surface area (Å²) in [5, 5.41) is 7.12. The van der Waals surface area contributed by atoms with Crippen molar-refractivity contribution in [1.82, 2.24) is 0 Å². The van der Waals surface area contributed by atoms with E-state index in [1.54, 1.807) is 0 Å². The van der Waals surface area contributed by atoms with Gasteiger partial charge in [0.2, 0.25) is 0 Å². The van der Waals surface area contributed by atoms with Crippen LogP contribution in [0.2, 0.25) is 0 Å². The Balaban J connectivity index is -0.000000180. The van der Waals surface area contributed by atoms with Crippen LogP contribution < -0.4 is 29.6 Å². The predicted molar refractivity (Wildman–Crippen MR) is 15.6 cm³/mol. The van der Waals surface area contributed by atoms with E-state index in [0.717, 1.165) is 0 Å². The molecule has 0 bridgehead atoms. The molecule has 50 valence electrons. The maximum atomic E-state index is 10.6. The van der Waals surface area contributed by atoms with Crippen molar-refractivity contribution in [3.63, 3.8) is 0 Å². The Morgan fingerprint density at radius 3 is 1.44 bits per heavy atom. The Morgan fingerprint density at radius 1 is 1.33 bits per heavy atom. The molecule has 0 heterocycles. The first-order valence-electron chi connectivity index (χ1n) is 1.24. The molecule has 2 N–H and O–H groups in total. The van der Waals surface area contributed by atoms with Crippen molar-refractivity contribution in [2.45, 2.75) is 6.18 Å². The van der Waals surface area contributed by atoms with Crippen LogP contribution in [0, 0.1) is 0 Å². The Kier molecular flexibility index (Phi) is 9.02. The first-order chi connectivity index (χ1) is 2.94. The molecular weight excluding hydrogens is 152 g/mol. The summed E-state index contributed by atoms with van der Waals surface area (Å²) in [5.74, 6) is -2.76. The van der Waals surface area contributed by atoms with Crippen LogP contribution in [0.3, 0.4) is 0 Å². The molecule has 9 heavy (non-hydrogen) atoms. The minimum atomic E-state index is -5.08. The third kappa shape index (κ3) is 8.22. The molecule has 3 nitrogen and oxygen atoms in total. The molecule has 0 spiro atoms. The second kappa shape index (κ2) is 5.04. The first-order valence-corrected chi connectivity index (χ1v) is 1.24. The summed E-state index contributed by atoms with van der Waals surface area (Å²) >= 11 is 0. The SMILES string of the molecule is O=C(O)C(F)(F)F.[Na+].[OH-]. The smallest absolute Gasteiger partial charge is 0.870 e. The fraction of sp³-hybridized carbons (Fsp3) is 0.500. The minimum absolute atomic E-state index is 0. The van der Waals surface area contributed by atoms with Gasteiger partial charge in [-0.3, -0.25) is 0 Å². The van der Waals surface area contributed by atoms with E-state index in [9.17, 15) is 13.2 Å². The summed E-state index contributed by atoms with van der Waals surface area (Å²) < 4.78 is 31.7. The van der Waals surface area contributed by atoms with Crippen molar-refractivity contribution >= 4 is 5.97 Å². The molecule has 0 aromatic rings. The van der Waals surface area contributed by atoms with Crippen LogP contribution in [0.5, 0.6) is 0 Å². The summed E-state index contributed by atoms with van der Waals surface area (Å²) in [4.78, 5) is 8.90. The molecule has 0 aromatic carbocycles. The zero-order valence-corrected chi connectivity index (χ0v) is 6.44. The van der Waals surface area contributed by atoms with Crippen molar-refractivity contribution in [2.75, 3.05) is 0 Å². The van der Waals surface area contributed by atoms with Gasteiger partial charge in [0, 0.05) is 0 Å². The van der Waals surface area contributed by atoms with Gasteiger partial charge in [-0.25, -0.2) is 4.79 Å². The number of hydrogen-bond acceptors (Lipinski definition) is 2. The Labute approximate surface area is 70.5 Å². The molecule has 0 rings (SSSR count). The average Bonchev–Trinajstić information content (AvgIpc) is 1.31. The monoisotopic (exact) mass is 154 g/mol. The van der Waals surface area contributed by atoms with Crippen molar-refractivity contribution in [3.05, 3.63) is 0 Å². The number of carboxylic acid groups (broad SMARTS) is 1. The summed E-state index contributed by atoms with van der Waals surface area (Å²) in [6.45, 7) is 0. The van der Waals surface area contributed by atoms with Crippen LogP contribution in [0.1, 0.15) is 0 Å². The van der Waals surface area contributed by atoms with Crippen LogP contribution in [0.25, 0.3) is 0 Å². The molecule has 0 saturated heterocycles. The van der Waals surface area contributed by atoms with Crippen molar-refractivity contribution in [2.24, 2.45) is 0 Å². The molecule has 0 aliphatic rings. The van der Waals surface area contributed by atoms with E-state index in [1.807, 2.05) is 0 Å². The topological polar surface area (TPSA) is 67.3 Å². The molecule has 0 aliphatic heterocycles. The number of carbonyl (C=O) groups is 1. The van der Waals surface area contributed by atoms with Gasteiger partial charge in [0.15, 0.2) is 0 Å². The molecule has 0 atom stereocenters. The quantitative estimate of drug-likeness (QED) is 0.391. The van der Waals surface area contributed by atoms with Gasteiger partial charge in [-0.15, -0.1) is 0 Å². The van der Waals surface area contributed by atoms with Crippen LogP contribution in [0.4, 0.5) is 13.2 Å². The number of rotatable bonds is 0. The van der Waals surface area contributed by atoms with E-state index in [2.05, 4.69) is 0 Å². The number of alkyl halides is 3. The van der Waals surface area contributed by atoms with Gasteiger partial charge in [-0.2, -0.15) is 13.2 Å². The van der Waals surface area contributed by atoms with E-state index in [1.165, 1.54) is 0 Å². The van der Waals surface area contributed by atoms with Crippen molar-refractivity contribution in [3.8, 4) is 0 Å². The normalized spacial score (nSPS) is 8.78. The van der Waals surface area contributed by atoms with Gasteiger partial charge in [0.1, 0.15) is 0 Å². The first kappa shape index (κ1) is 16.1. The van der Waals surface area contributed by atoms with Crippen molar-refractivity contribution < 1.29 is 58.1 Å². The van der Waals surface area contributed by atoms with Gasteiger partial charge in [-0.05, 0) is 0 Å². The summed E-state index contributed by atoms with van der Waals surface area (Å²) in [6.07, 6.45) is -5.08. The number of aliphatic carboxylic acids is 1. The molecule has 0 aromatic heterocycles. The summed E-state index contributed by atoms with van der Waals surface area (Å²) in [6, 6.07) is 0. The maximum Gasteiger partial charge on any atom is 1.00 e. The molecule has 0 unspecified atom stereocenters. The van der Waals surface area contributed by atoms with Gasteiger partial charge >= 0.3 is 41.7 Å². The fourth-order valence-electron chi connectivity index (χ4n) is 0. The summed E-state index contributed by atoms with van der Waals surface area (Å²) in [7, 11) is 0. The third-order valence-corrected chi connectivity index (χ3v) is 0.243. The molecule has 0 saturated carbocycles. The van der Waals surface area contributed by atoms with Crippen LogP contribution in [-0.4, -0.2) is 22.7 Å². The largest absolute Gasteiger partial charge is 1.00 e. The molecule has 0 radical (unpaired) electrons. The van der Waals surface area contributed by atoms with Gasteiger partial charge < -0.3 is 10.6 Å². The Morgan fingerprint density at radius 2 is 1.44 bits per heavy atom. The van der Waals surface area contributed by atoms with Gasteiger partial charge in [0.25, 0.3) is 0 Å². The zero-order chi connectivity index (χ0) is 6.08. The summed E-state index contributed by atoms with van der Waals surface area (Å²) in [5.41, 5.74) is 0. The van der Waals surface area contributed by atoms with Crippen molar-refractivity contribution in [1.29, 1.82) is 0 Å². The number of halogens is 3. The standard InChI is InChI=1S/C2HF3O2.Na.H2O/c3-2(4,5)1(6)7;;/h(H,6,7);;1H2/q;+1;/p-1. The molecular formula is C2H2F3NaO3. The van der Waals surface area contributed by atoms with E-state index in [4.69, 9.17) is 9.90 Å². The molecule has 7 heteroatoms. The van der Waals surface area contributed by atoms with E-state index in [0.29, 0.717) is 0 Å². The van der Waals surface area contributed by atoms with Gasteiger partial charge in [0.05, 0.1) is 0 Å². The number of hydrogen-bond donors (Lipinski definition) is 1. The number of carboxylic acids is 1. The predicted octanol–water partition coefficient (Wildman–Crippen LogP) is -2.54. The fourth-order valence-corrected chi connectivity index (χ4v) is 0. The zero-order valence-electron chi connectivity index (χ0n) is 4.44. The van der Waals surface area contributed by atoms with Crippen LogP contribution in [0.15, 0.2) is 0 Å². The molecule has 0 aliphatic carbocycles. The van der Waals surface area contributed by atoms with E-state index in [-0.39, 0.29) is 35.0 Å². The van der Waals surface area contributed by atoms with Crippen LogP contribution >= 0.6 is 0 Å². The Bertz CT molecular complexity index is 89.5. The maximum absolute atomic E-state index is 10.6. The molecule has 0 fully saturated rings. The second-order valence-corrected chi connectivity index (χ2v) is 0.803. The van der Waals surface area contributed by atoms with Crippen LogP contribution in [-0.2, 0) is 4.79 Å². The Hall–Kier alpha value is 0.220. The molecule has 0 amide bonds. The van der Waals surface area contributed by atoms with E-state index < -0.39 is 12.1 Å². The average molecular weight is 154 g/mol. The second-order valence-electron chi connectivity index (χ2n) is 0.803. The van der Waals surface area contributed by atoms with Gasteiger partial charge in [-0.1, -0.05) is 0 Å². The third-order valence-electron chi connectivity index (χ3n) is 0.243.